The molecule has 0 atom stereocenters. The van der Waals surface area contributed by atoms with Crippen LogP contribution in [0.2, 0.25) is 0 Å². The number of fused-ring (bicyclic) bond motifs is 1. The van der Waals surface area contributed by atoms with Crippen LogP contribution in [-0.4, -0.2) is 16.4 Å². The number of benzene rings is 1. The number of nitrogens with one attached hydrogen (secondary N) is 1. The molecule has 0 aliphatic rings. The third-order valence-corrected chi connectivity index (χ3v) is 2.48. The number of nitrogens with two attached hydrogens (primary N) is 1. The molecule has 0 radical (unpaired) electrons. The molecule has 1 aromatic heterocycles. The first kappa shape index (κ1) is 11.5. The fourth-order valence-corrected chi connectivity index (χ4v) is 1.45. The maximum atomic E-state index is 11.7. The number of carbonyl (C=O) groups is 1. The van der Waals surface area contributed by atoms with Crippen LogP contribution in [0.5, 0.6) is 0 Å². The molecule has 4 heteroatoms. The van der Waals surface area contributed by atoms with Crippen LogP contribution in [0.25, 0.3) is 10.8 Å². The Labute approximate surface area is 99.8 Å². The van der Waals surface area contributed by atoms with Gasteiger partial charge in [-0.2, -0.15) is 0 Å². The maximum absolute atomic E-state index is 11.7. The Bertz CT molecular complexity index is 558. The second-order valence-corrected chi connectivity index (χ2v) is 4.61. The van der Waals surface area contributed by atoms with Crippen LogP contribution in [0.3, 0.4) is 0 Å². The Morgan fingerprint density at radius 3 is 2.76 bits per heavy atom. The van der Waals surface area contributed by atoms with Crippen molar-refractivity contribution < 1.29 is 4.79 Å². The van der Waals surface area contributed by atoms with E-state index in [9.17, 15) is 4.79 Å². The first-order chi connectivity index (χ1) is 7.97. The van der Waals surface area contributed by atoms with E-state index < -0.39 is 5.54 Å². The minimum absolute atomic E-state index is 0.203. The fourth-order valence-electron chi connectivity index (χ4n) is 1.45. The average Bonchev–Trinajstić information content (AvgIpc) is 2.27. The molecule has 1 amide bonds. The Morgan fingerprint density at radius 2 is 2.06 bits per heavy atom. The van der Waals surface area contributed by atoms with Crippen molar-refractivity contribution in [2.45, 2.75) is 19.4 Å². The van der Waals surface area contributed by atoms with Crippen molar-refractivity contribution in [2.75, 3.05) is 5.32 Å². The van der Waals surface area contributed by atoms with E-state index in [0.717, 1.165) is 16.5 Å². The SMILES string of the molecule is CC(C)(N)C(=O)Nc1ccc2cnccc2c1. The van der Waals surface area contributed by atoms with Crippen molar-refractivity contribution in [3.05, 3.63) is 36.7 Å². The van der Waals surface area contributed by atoms with E-state index in [1.807, 2.05) is 24.3 Å². The van der Waals surface area contributed by atoms with Crippen molar-refractivity contribution >= 4 is 22.4 Å². The second kappa shape index (κ2) is 4.14. The molecule has 0 spiro atoms. The number of carbonyl (C=O) groups excluding carboxylic acids is 1. The van der Waals surface area contributed by atoms with Gasteiger partial charge in [0, 0.05) is 23.5 Å². The van der Waals surface area contributed by atoms with Crippen LogP contribution in [0, 0.1) is 0 Å². The third-order valence-electron chi connectivity index (χ3n) is 2.48. The number of nitrogens with zero attached hydrogens (tertiary/aromatic N) is 1. The van der Waals surface area contributed by atoms with Gasteiger partial charge in [0.2, 0.25) is 5.91 Å². The van der Waals surface area contributed by atoms with Gasteiger partial charge >= 0.3 is 0 Å². The summed E-state index contributed by atoms with van der Waals surface area (Å²) in [5, 5.41) is 4.86. The highest BCUT2D eigenvalue weighted by molar-refractivity contribution is 5.99. The molecule has 0 saturated carbocycles. The molecule has 0 unspecified atom stereocenters. The monoisotopic (exact) mass is 229 g/mol. The lowest BCUT2D eigenvalue weighted by molar-refractivity contribution is -0.120. The lowest BCUT2D eigenvalue weighted by Crippen LogP contribution is -2.45. The van der Waals surface area contributed by atoms with Crippen molar-refractivity contribution in [3.8, 4) is 0 Å². The normalized spacial score (nSPS) is 11.5. The van der Waals surface area contributed by atoms with Crippen LogP contribution >= 0.6 is 0 Å². The summed E-state index contributed by atoms with van der Waals surface area (Å²) in [6.07, 6.45) is 3.51. The van der Waals surface area contributed by atoms with Gasteiger partial charge in [-0.15, -0.1) is 0 Å². The van der Waals surface area contributed by atoms with Gasteiger partial charge in [0.05, 0.1) is 5.54 Å². The number of hydrogen-bond donors (Lipinski definition) is 2. The molecule has 2 rings (SSSR count). The number of pyridine rings is 1. The maximum Gasteiger partial charge on any atom is 0.243 e. The van der Waals surface area contributed by atoms with E-state index in [4.69, 9.17) is 5.73 Å². The van der Waals surface area contributed by atoms with Crippen LogP contribution in [0.4, 0.5) is 5.69 Å². The van der Waals surface area contributed by atoms with E-state index in [1.165, 1.54) is 0 Å². The van der Waals surface area contributed by atoms with Gasteiger partial charge in [-0.25, -0.2) is 0 Å². The molecule has 0 saturated heterocycles. The van der Waals surface area contributed by atoms with Crippen molar-refractivity contribution in [1.29, 1.82) is 0 Å². The van der Waals surface area contributed by atoms with E-state index >= 15 is 0 Å². The molecule has 0 aliphatic heterocycles. The molecule has 0 fully saturated rings. The first-order valence-corrected chi connectivity index (χ1v) is 5.41. The molecule has 4 nitrogen and oxygen atoms in total. The van der Waals surface area contributed by atoms with Crippen LogP contribution in [0.15, 0.2) is 36.7 Å². The molecule has 17 heavy (non-hydrogen) atoms. The van der Waals surface area contributed by atoms with Gasteiger partial charge in [0.15, 0.2) is 0 Å². The van der Waals surface area contributed by atoms with Crippen molar-refractivity contribution in [3.63, 3.8) is 0 Å². The predicted molar refractivity (Wildman–Crippen MR) is 68.6 cm³/mol. The first-order valence-electron chi connectivity index (χ1n) is 5.41. The summed E-state index contributed by atoms with van der Waals surface area (Å²) in [5.41, 5.74) is 5.58. The van der Waals surface area contributed by atoms with Crippen molar-refractivity contribution in [1.82, 2.24) is 4.98 Å². The lowest BCUT2D eigenvalue weighted by Gasteiger charge is -2.17. The highest BCUT2D eigenvalue weighted by Crippen LogP contribution is 2.18. The Morgan fingerprint density at radius 1 is 1.29 bits per heavy atom. The molecule has 3 N–H and O–H groups in total. The number of amides is 1. The van der Waals surface area contributed by atoms with E-state index in [-0.39, 0.29) is 5.91 Å². The number of rotatable bonds is 2. The van der Waals surface area contributed by atoms with Gasteiger partial charge < -0.3 is 11.1 Å². The van der Waals surface area contributed by atoms with Crippen LogP contribution in [-0.2, 0) is 4.79 Å². The Kier molecular flexibility index (Phi) is 2.81. The van der Waals surface area contributed by atoms with E-state index in [2.05, 4.69) is 10.3 Å². The molecule has 1 aromatic carbocycles. The summed E-state index contributed by atoms with van der Waals surface area (Å²) in [4.78, 5) is 15.8. The smallest absolute Gasteiger partial charge is 0.243 e. The van der Waals surface area contributed by atoms with Gasteiger partial charge in [0.25, 0.3) is 0 Å². The zero-order valence-corrected chi connectivity index (χ0v) is 9.90. The highest BCUT2D eigenvalue weighted by atomic mass is 16.2. The quantitative estimate of drug-likeness (QED) is 0.826. The standard InChI is InChI=1S/C13H15N3O/c1-13(2,14)12(17)16-11-4-3-10-8-15-6-5-9(10)7-11/h3-8H,14H2,1-2H3,(H,16,17). The fraction of sp³-hybridized carbons (Fsp3) is 0.231. The van der Waals surface area contributed by atoms with E-state index in [1.54, 1.807) is 26.2 Å². The van der Waals surface area contributed by atoms with Crippen LogP contribution < -0.4 is 11.1 Å². The molecule has 2 aromatic rings. The molecular weight excluding hydrogens is 214 g/mol. The predicted octanol–water partition coefficient (Wildman–Crippen LogP) is 1.91. The average molecular weight is 229 g/mol. The summed E-state index contributed by atoms with van der Waals surface area (Å²) in [7, 11) is 0. The molecule has 0 aliphatic carbocycles. The Hall–Kier alpha value is -1.94. The third kappa shape index (κ3) is 2.60. The minimum Gasteiger partial charge on any atom is -0.324 e. The van der Waals surface area contributed by atoms with Gasteiger partial charge in [-0.05, 0) is 37.4 Å². The molecule has 88 valence electrons. The minimum atomic E-state index is -0.882. The largest absolute Gasteiger partial charge is 0.324 e. The highest BCUT2D eigenvalue weighted by Gasteiger charge is 2.21. The zero-order chi connectivity index (χ0) is 12.5. The summed E-state index contributed by atoms with van der Waals surface area (Å²) >= 11 is 0. The summed E-state index contributed by atoms with van der Waals surface area (Å²) in [5.74, 6) is -0.203. The van der Waals surface area contributed by atoms with Gasteiger partial charge in [0.1, 0.15) is 0 Å². The topological polar surface area (TPSA) is 68.0 Å². The van der Waals surface area contributed by atoms with Gasteiger partial charge in [-0.3, -0.25) is 9.78 Å². The summed E-state index contributed by atoms with van der Waals surface area (Å²) in [6.45, 7) is 3.35. The lowest BCUT2D eigenvalue weighted by atomic mass is 10.1. The Balaban J connectivity index is 2.29. The van der Waals surface area contributed by atoms with E-state index in [0.29, 0.717) is 0 Å². The van der Waals surface area contributed by atoms with Gasteiger partial charge in [-0.1, -0.05) is 6.07 Å². The van der Waals surface area contributed by atoms with Crippen LogP contribution in [0.1, 0.15) is 13.8 Å². The number of hydrogen-bond acceptors (Lipinski definition) is 3. The molecule has 0 bridgehead atoms. The molecular formula is C13H15N3O. The van der Waals surface area contributed by atoms with Crippen molar-refractivity contribution in [2.24, 2.45) is 5.73 Å². The second-order valence-electron chi connectivity index (χ2n) is 4.61. The summed E-state index contributed by atoms with van der Waals surface area (Å²) in [6, 6.07) is 7.56. The molecule has 1 heterocycles. The number of aromatic nitrogens is 1. The zero-order valence-electron chi connectivity index (χ0n) is 9.90. The number of anilines is 1. The summed E-state index contributed by atoms with van der Waals surface area (Å²) < 4.78 is 0.